The minimum Gasteiger partial charge on any atom is -0.342 e. The zero-order valence-electron chi connectivity index (χ0n) is 13.5. The molecule has 23 heavy (non-hydrogen) atoms. The fraction of sp³-hybridized carbons (Fsp3) is 0.667. The van der Waals surface area contributed by atoms with Gasteiger partial charge in [-0.2, -0.15) is 5.10 Å². The molecule has 2 unspecified atom stereocenters. The molecule has 2 aliphatic rings. The minimum atomic E-state index is -0.271. The number of amides is 2. The molecule has 2 aliphatic heterocycles. The molecule has 0 bridgehead atoms. The molecule has 1 aromatic rings. The first kappa shape index (κ1) is 17.7. The lowest BCUT2D eigenvalue weighted by molar-refractivity contribution is -0.139. The molecule has 3 rings (SSSR count). The molecule has 0 saturated carbocycles. The Morgan fingerprint density at radius 3 is 2.83 bits per heavy atom. The maximum Gasteiger partial charge on any atom is 0.228 e. The van der Waals surface area contributed by atoms with Crippen LogP contribution in [0.15, 0.2) is 12.4 Å². The monoisotopic (exact) mass is 341 g/mol. The number of rotatable bonds is 2. The van der Waals surface area contributed by atoms with Crippen LogP contribution >= 0.6 is 12.4 Å². The van der Waals surface area contributed by atoms with Crippen molar-refractivity contribution in [2.75, 3.05) is 24.5 Å². The summed E-state index contributed by atoms with van der Waals surface area (Å²) < 4.78 is 0. The van der Waals surface area contributed by atoms with E-state index in [2.05, 4.69) is 24.0 Å². The van der Waals surface area contributed by atoms with Gasteiger partial charge in [0.1, 0.15) is 0 Å². The standard InChI is InChI=1S/C15H23N5O2.ClH/c1-15(2)9-19(4-3-12(15)16)14(22)10-5-13(21)20(8-10)11-6-17-18-7-11;/h6-7,10,12H,3-5,8-9,16H2,1-2H3,(H,17,18);1H. The summed E-state index contributed by atoms with van der Waals surface area (Å²) >= 11 is 0. The van der Waals surface area contributed by atoms with Gasteiger partial charge in [-0.1, -0.05) is 13.8 Å². The van der Waals surface area contributed by atoms with Gasteiger partial charge < -0.3 is 15.5 Å². The van der Waals surface area contributed by atoms with E-state index >= 15 is 0 Å². The Bertz CT molecular complexity index is 574. The van der Waals surface area contributed by atoms with Gasteiger partial charge in [0.15, 0.2) is 0 Å². The van der Waals surface area contributed by atoms with Crippen LogP contribution in [0.4, 0.5) is 5.69 Å². The largest absolute Gasteiger partial charge is 0.342 e. The molecular formula is C15H24ClN5O2. The Balaban J connectivity index is 0.00000192. The first-order chi connectivity index (χ1) is 10.4. The SMILES string of the molecule is CC1(C)CN(C(=O)C2CC(=O)N(c3cn[nH]c3)C2)CCC1N.Cl. The maximum absolute atomic E-state index is 12.7. The highest BCUT2D eigenvalue weighted by Crippen LogP contribution is 2.31. The number of nitrogens with zero attached hydrogens (tertiary/aromatic N) is 3. The van der Waals surface area contributed by atoms with E-state index in [0.29, 0.717) is 19.6 Å². The molecule has 0 radical (unpaired) electrons. The summed E-state index contributed by atoms with van der Waals surface area (Å²) in [6.45, 7) is 5.95. The number of nitrogens with two attached hydrogens (primary N) is 1. The first-order valence-corrected chi connectivity index (χ1v) is 7.72. The number of piperidine rings is 1. The predicted octanol–water partition coefficient (Wildman–Crippen LogP) is 0.770. The van der Waals surface area contributed by atoms with Gasteiger partial charge in [0.05, 0.1) is 17.8 Å². The average Bonchev–Trinajstić information content (AvgIpc) is 3.10. The van der Waals surface area contributed by atoms with E-state index in [1.807, 2.05) is 4.90 Å². The van der Waals surface area contributed by atoms with E-state index < -0.39 is 0 Å². The third-order valence-corrected chi connectivity index (χ3v) is 4.89. The number of aromatic amines is 1. The topological polar surface area (TPSA) is 95.3 Å². The lowest BCUT2D eigenvalue weighted by Gasteiger charge is -2.43. The van der Waals surface area contributed by atoms with E-state index in [0.717, 1.165) is 12.1 Å². The van der Waals surface area contributed by atoms with Gasteiger partial charge in [-0.25, -0.2) is 0 Å². The predicted molar refractivity (Wildman–Crippen MR) is 89.2 cm³/mol. The van der Waals surface area contributed by atoms with Crippen LogP contribution in [0, 0.1) is 11.3 Å². The van der Waals surface area contributed by atoms with Crippen molar-refractivity contribution in [3.8, 4) is 0 Å². The molecule has 8 heteroatoms. The van der Waals surface area contributed by atoms with Gasteiger partial charge in [0.25, 0.3) is 0 Å². The lowest BCUT2D eigenvalue weighted by atomic mass is 9.79. The van der Waals surface area contributed by atoms with Crippen molar-refractivity contribution in [2.45, 2.75) is 32.7 Å². The Morgan fingerprint density at radius 1 is 1.48 bits per heavy atom. The molecule has 3 heterocycles. The molecule has 2 atom stereocenters. The number of H-pyrrole nitrogens is 1. The number of halogens is 1. The Kier molecular flexibility index (Phi) is 5.01. The molecule has 3 N–H and O–H groups in total. The van der Waals surface area contributed by atoms with E-state index in [1.54, 1.807) is 17.3 Å². The van der Waals surface area contributed by atoms with Crippen LogP contribution in [0.2, 0.25) is 0 Å². The number of anilines is 1. The van der Waals surface area contributed by atoms with E-state index in [-0.39, 0.29) is 48.0 Å². The van der Waals surface area contributed by atoms with Gasteiger partial charge in [-0.15, -0.1) is 12.4 Å². The Hall–Kier alpha value is -1.60. The van der Waals surface area contributed by atoms with Gasteiger partial charge in [0.2, 0.25) is 11.8 Å². The number of carbonyl (C=O) groups excluding carboxylic acids is 2. The van der Waals surface area contributed by atoms with Gasteiger partial charge >= 0.3 is 0 Å². The maximum atomic E-state index is 12.7. The number of hydrogen-bond acceptors (Lipinski definition) is 4. The highest BCUT2D eigenvalue weighted by Gasteiger charge is 2.41. The van der Waals surface area contributed by atoms with Crippen LogP contribution in [0.5, 0.6) is 0 Å². The quantitative estimate of drug-likeness (QED) is 0.830. The van der Waals surface area contributed by atoms with Crippen LogP contribution < -0.4 is 10.6 Å². The molecule has 0 aliphatic carbocycles. The van der Waals surface area contributed by atoms with Gasteiger partial charge in [-0.05, 0) is 11.8 Å². The summed E-state index contributed by atoms with van der Waals surface area (Å²) in [6.07, 6.45) is 4.36. The molecule has 1 aromatic heterocycles. The summed E-state index contributed by atoms with van der Waals surface area (Å²) in [7, 11) is 0. The van der Waals surface area contributed by atoms with Crippen molar-refractivity contribution in [1.29, 1.82) is 0 Å². The molecule has 7 nitrogen and oxygen atoms in total. The Labute approximate surface area is 142 Å². The van der Waals surface area contributed by atoms with E-state index in [4.69, 9.17) is 5.73 Å². The molecule has 0 spiro atoms. The second-order valence-corrected chi connectivity index (χ2v) is 7.01. The zero-order valence-corrected chi connectivity index (χ0v) is 14.3. The van der Waals surface area contributed by atoms with Crippen LogP contribution in [0.3, 0.4) is 0 Å². The first-order valence-electron chi connectivity index (χ1n) is 7.72. The lowest BCUT2D eigenvalue weighted by Crippen LogP contribution is -2.55. The van der Waals surface area contributed by atoms with Crippen molar-refractivity contribution in [2.24, 2.45) is 17.1 Å². The van der Waals surface area contributed by atoms with E-state index in [1.165, 1.54) is 0 Å². The second-order valence-electron chi connectivity index (χ2n) is 7.01. The number of nitrogens with one attached hydrogen (secondary N) is 1. The molecule has 2 saturated heterocycles. The summed E-state index contributed by atoms with van der Waals surface area (Å²) in [6, 6.07) is 0.115. The molecule has 0 aromatic carbocycles. The van der Waals surface area contributed by atoms with Crippen LogP contribution in [-0.2, 0) is 9.59 Å². The average molecular weight is 342 g/mol. The summed E-state index contributed by atoms with van der Waals surface area (Å²) in [5.74, 6) is -0.223. The minimum absolute atomic E-state index is 0. The normalized spacial score (nSPS) is 27.0. The van der Waals surface area contributed by atoms with Crippen molar-refractivity contribution in [3.05, 3.63) is 12.4 Å². The van der Waals surface area contributed by atoms with Crippen molar-refractivity contribution in [1.82, 2.24) is 15.1 Å². The highest BCUT2D eigenvalue weighted by molar-refractivity contribution is 6.00. The number of hydrogen-bond donors (Lipinski definition) is 2. The Morgan fingerprint density at radius 2 is 2.22 bits per heavy atom. The van der Waals surface area contributed by atoms with Gasteiger partial charge in [0, 0.05) is 38.3 Å². The second kappa shape index (κ2) is 6.49. The fourth-order valence-corrected chi connectivity index (χ4v) is 3.33. The van der Waals surface area contributed by atoms with Crippen LogP contribution in [0.1, 0.15) is 26.7 Å². The highest BCUT2D eigenvalue weighted by atomic mass is 35.5. The summed E-state index contributed by atoms with van der Waals surface area (Å²) in [4.78, 5) is 28.4. The molecule has 2 amide bonds. The van der Waals surface area contributed by atoms with Crippen molar-refractivity contribution >= 4 is 29.9 Å². The molecule has 128 valence electrons. The number of carbonyl (C=O) groups is 2. The van der Waals surface area contributed by atoms with E-state index in [9.17, 15) is 9.59 Å². The summed E-state index contributed by atoms with van der Waals surface area (Å²) in [5, 5.41) is 6.56. The van der Waals surface area contributed by atoms with Crippen LogP contribution in [-0.4, -0.2) is 52.6 Å². The third kappa shape index (κ3) is 3.35. The smallest absolute Gasteiger partial charge is 0.228 e. The van der Waals surface area contributed by atoms with Crippen LogP contribution in [0.25, 0.3) is 0 Å². The summed E-state index contributed by atoms with van der Waals surface area (Å²) in [5.41, 5.74) is 6.77. The third-order valence-electron chi connectivity index (χ3n) is 4.89. The van der Waals surface area contributed by atoms with Crippen molar-refractivity contribution in [3.63, 3.8) is 0 Å². The molecule has 2 fully saturated rings. The number of aromatic nitrogens is 2. The fourth-order valence-electron chi connectivity index (χ4n) is 3.33. The van der Waals surface area contributed by atoms with Crippen molar-refractivity contribution < 1.29 is 9.59 Å². The molecular weight excluding hydrogens is 318 g/mol. The van der Waals surface area contributed by atoms with Gasteiger partial charge in [-0.3, -0.25) is 14.7 Å². The zero-order chi connectivity index (χ0) is 15.9. The number of likely N-dealkylation sites (tertiary alicyclic amines) is 1.